The van der Waals surface area contributed by atoms with E-state index in [9.17, 15) is 8.42 Å². The smallest absolute Gasteiger partial charge is 0.382 e. The van der Waals surface area contributed by atoms with E-state index in [1.54, 1.807) is 0 Å². The molecule has 0 fully saturated rings. The molecular formula is C18H40O5S. The summed E-state index contributed by atoms with van der Waals surface area (Å²) in [5.74, 6) is 0. The van der Waals surface area contributed by atoms with E-state index in [1.807, 2.05) is 13.8 Å². The standard InChI is InChI=1S/C14H30O4S.C4H10O/c1-2-3-4-5-6-7-8-9-10-11-12-13-14-18-19(15,16)17;1-3-5-4-2/h2-14H2,1H3,(H,15,16,17);3-4H2,1-2H3. The summed E-state index contributed by atoms with van der Waals surface area (Å²) in [6, 6.07) is 0. The van der Waals surface area contributed by atoms with Gasteiger partial charge in [-0.25, -0.2) is 4.18 Å². The van der Waals surface area contributed by atoms with Crippen molar-refractivity contribution < 1.29 is 21.9 Å². The van der Waals surface area contributed by atoms with E-state index < -0.39 is 10.4 Å². The molecule has 5 nitrogen and oxygen atoms in total. The van der Waals surface area contributed by atoms with E-state index in [0.29, 0.717) is 6.42 Å². The van der Waals surface area contributed by atoms with Crippen LogP contribution in [0.15, 0.2) is 0 Å². The maximum absolute atomic E-state index is 10.3. The summed E-state index contributed by atoms with van der Waals surface area (Å²) in [7, 11) is -4.24. The van der Waals surface area contributed by atoms with Crippen molar-refractivity contribution in [2.45, 2.75) is 97.8 Å². The average Bonchev–Trinajstić information content (AvgIpc) is 2.52. The van der Waals surface area contributed by atoms with E-state index in [0.717, 1.165) is 26.1 Å². The lowest BCUT2D eigenvalue weighted by atomic mass is 10.1. The topological polar surface area (TPSA) is 72.8 Å². The molecule has 1 N–H and O–H groups in total. The van der Waals surface area contributed by atoms with Crippen LogP contribution in [0.2, 0.25) is 0 Å². The van der Waals surface area contributed by atoms with Crippen molar-refractivity contribution >= 4 is 10.4 Å². The third-order valence-electron chi connectivity index (χ3n) is 3.64. The van der Waals surface area contributed by atoms with E-state index in [-0.39, 0.29) is 6.61 Å². The van der Waals surface area contributed by atoms with Crippen LogP contribution in [-0.2, 0) is 19.3 Å². The highest BCUT2D eigenvalue weighted by Crippen LogP contribution is 2.11. The molecule has 0 bridgehead atoms. The first kappa shape index (κ1) is 26.1. The maximum atomic E-state index is 10.3. The van der Waals surface area contributed by atoms with Crippen LogP contribution in [-0.4, -0.2) is 32.8 Å². The second kappa shape index (κ2) is 20.9. The molecule has 0 atom stereocenters. The molecule has 24 heavy (non-hydrogen) atoms. The average molecular weight is 369 g/mol. The van der Waals surface area contributed by atoms with Crippen molar-refractivity contribution in [3.8, 4) is 0 Å². The van der Waals surface area contributed by atoms with Crippen LogP contribution in [0, 0.1) is 0 Å². The third kappa shape index (κ3) is 29.8. The molecule has 0 saturated heterocycles. The van der Waals surface area contributed by atoms with Gasteiger partial charge < -0.3 is 4.74 Å². The predicted octanol–water partition coefficient (Wildman–Crippen LogP) is 5.55. The largest absolute Gasteiger partial charge is 0.397 e. The van der Waals surface area contributed by atoms with Crippen LogP contribution in [0.5, 0.6) is 0 Å². The second-order valence-electron chi connectivity index (χ2n) is 5.92. The first-order valence-corrected chi connectivity index (χ1v) is 11.0. The molecule has 0 unspecified atom stereocenters. The van der Waals surface area contributed by atoms with Crippen molar-refractivity contribution in [3.63, 3.8) is 0 Å². The Morgan fingerprint density at radius 1 is 0.667 bits per heavy atom. The molecule has 0 aliphatic rings. The summed E-state index contributed by atoms with van der Waals surface area (Å²) in [5.41, 5.74) is 0. The van der Waals surface area contributed by atoms with Gasteiger partial charge in [0.05, 0.1) is 6.61 Å². The molecule has 0 radical (unpaired) electrons. The lowest BCUT2D eigenvalue weighted by molar-refractivity contribution is 0.162. The van der Waals surface area contributed by atoms with E-state index in [2.05, 4.69) is 11.1 Å². The monoisotopic (exact) mass is 368 g/mol. The summed E-state index contributed by atoms with van der Waals surface area (Å²) < 4.78 is 38.0. The lowest BCUT2D eigenvalue weighted by Crippen LogP contribution is -2.04. The summed E-state index contributed by atoms with van der Waals surface area (Å²) in [5, 5.41) is 0. The Kier molecular flexibility index (Phi) is 22.7. The Morgan fingerprint density at radius 3 is 1.33 bits per heavy atom. The Hall–Kier alpha value is -0.170. The number of hydrogen-bond donors (Lipinski definition) is 1. The quantitative estimate of drug-likeness (QED) is 0.285. The highest BCUT2D eigenvalue weighted by atomic mass is 32.3. The SMILES string of the molecule is CCCCCCCCCCCCCCOS(=O)(=O)O.CCOCC. The maximum Gasteiger partial charge on any atom is 0.397 e. The first-order valence-electron chi connectivity index (χ1n) is 9.67. The molecule has 6 heteroatoms. The van der Waals surface area contributed by atoms with Gasteiger partial charge in [0.2, 0.25) is 0 Å². The summed E-state index contributed by atoms with van der Waals surface area (Å²) in [6.45, 7) is 8.00. The van der Waals surface area contributed by atoms with Gasteiger partial charge in [0.15, 0.2) is 0 Å². The Balaban J connectivity index is 0. The molecule has 0 aromatic heterocycles. The van der Waals surface area contributed by atoms with Gasteiger partial charge in [-0.05, 0) is 20.3 Å². The van der Waals surface area contributed by atoms with Crippen LogP contribution in [0.25, 0.3) is 0 Å². The molecule has 148 valence electrons. The summed E-state index contributed by atoms with van der Waals surface area (Å²) in [6.07, 6.45) is 14.7. The van der Waals surface area contributed by atoms with Crippen LogP contribution >= 0.6 is 0 Å². The van der Waals surface area contributed by atoms with Crippen molar-refractivity contribution in [1.29, 1.82) is 0 Å². The number of hydrogen-bond acceptors (Lipinski definition) is 4. The molecule has 0 aromatic rings. The van der Waals surface area contributed by atoms with Crippen LogP contribution < -0.4 is 0 Å². The van der Waals surface area contributed by atoms with Gasteiger partial charge in [-0.2, -0.15) is 8.42 Å². The molecule has 0 aromatic carbocycles. The zero-order valence-corrected chi connectivity index (χ0v) is 16.9. The fourth-order valence-corrected chi connectivity index (χ4v) is 2.64. The highest BCUT2D eigenvalue weighted by Gasteiger charge is 2.02. The normalized spacial score (nSPS) is 11.2. The Morgan fingerprint density at radius 2 is 1.04 bits per heavy atom. The molecule has 0 amide bonds. The minimum absolute atomic E-state index is 0.0935. The van der Waals surface area contributed by atoms with Crippen LogP contribution in [0.4, 0.5) is 0 Å². The fourth-order valence-electron chi connectivity index (χ4n) is 2.31. The van der Waals surface area contributed by atoms with Gasteiger partial charge in [-0.1, -0.05) is 77.6 Å². The Bertz CT molecular complexity index is 315. The predicted molar refractivity (Wildman–Crippen MR) is 101 cm³/mol. The zero-order chi connectivity index (χ0) is 18.5. The van der Waals surface area contributed by atoms with E-state index in [4.69, 9.17) is 9.29 Å². The van der Waals surface area contributed by atoms with Gasteiger partial charge in [-0.3, -0.25) is 4.55 Å². The van der Waals surface area contributed by atoms with E-state index >= 15 is 0 Å². The van der Waals surface area contributed by atoms with Gasteiger partial charge >= 0.3 is 10.4 Å². The van der Waals surface area contributed by atoms with Gasteiger partial charge in [0.1, 0.15) is 0 Å². The van der Waals surface area contributed by atoms with Gasteiger partial charge in [0.25, 0.3) is 0 Å². The third-order valence-corrected chi connectivity index (χ3v) is 4.10. The summed E-state index contributed by atoms with van der Waals surface area (Å²) >= 11 is 0. The lowest BCUT2D eigenvalue weighted by Gasteiger charge is -2.02. The van der Waals surface area contributed by atoms with Crippen molar-refractivity contribution in [1.82, 2.24) is 0 Å². The van der Waals surface area contributed by atoms with Crippen molar-refractivity contribution in [2.75, 3.05) is 19.8 Å². The molecule has 0 aliphatic heterocycles. The summed E-state index contributed by atoms with van der Waals surface area (Å²) in [4.78, 5) is 0. The molecule has 0 rings (SSSR count). The number of unbranched alkanes of at least 4 members (excludes halogenated alkanes) is 11. The van der Waals surface area contributed by atoms with Crippen LogP contribution in [0.1, 0.15) is 97.8 Å². The van der Waals surface area contributed by atoms with Crippen LogP contribution in [0.3, 0.4) is 0 Å². The zero-order valence-electron chi connectivity index (χ0n) is 16.1. The number of ether oxygens (including phenoxy) is 1. The molecule has 0 heterocycles. The van der Waals surface area contributed by atoms with Gasteiger partial charge in [-0.15, -0.1) is 0 Å². The minimum atomic E-state index is -4.24. The second-order valence-corrected chi connectivity index (χ2v) is 7.01. The molecular weight excluding hydrogens is 328 g/mol. The molecule has 0 spiro atoms. The van der Waals surface area contributed by atoms with Gasteiger partial charge in [0, 0.05) is 13.2 Å². The van der Waals surface area contributed by atoms with Crippen molar-refractivity contribution in [3.05, 3.63) is 0 Å². The number of rotatable bonds is 16. The Labute approximate surface area is 150 Å². The van der Waals surface area contributed by atoms with E-state index in [1.165, 1.54) is 57.8 Å². The molecule has 0 saturated carbocycles. The minimum Gasteiger partial charge on any atom is -0.382 e. The molecule has 0 aliphatic carbocycles. The first-order chi connectivity index (χ1) is 11.5. The fraction of sp³-hybridized carbons (Fsp3) is 1.00. The van der Waals surface area contributed by atoms with Crippen molar-refractivity contribution in [2.24, 2.45) is 0 Å². The highest BCUT2D eigenvalue weighted by molar-refractivity contribution is 7.80.